The van der Waals surface area contributed by atoms with Gasteiger partial charge in [0, 0.05) is 29.9 Å². The minimum absolute atomic E-state index is 0.0743. The van der Waals surface area contributed by atoms with Crippen LogP contribution in [-0.4, -0.2) is 42.8 Å². The molecule has 3 saturated heterocycles. The molecule has 5 rings (SSSR count). The first-order valence-electron chi connectivity index (χ1n) is 8.99. The molecule has 0 amide bonds. The van der Waals surface area contributed by atoms with Crippen LogP contribution < -0.4 is 0 Å². The second kappa shape index (κ2) is 4.94. The highest BCUT2D eigenvalue weighted by Gasteiger charge is 2.61. The minimum Gasteiger partial charge on any atom is -0.469 e. The Bertz CT molecular complexity index is 703. The van der Waals surface area contributed by atoms with Gasteiger partial charge in [-0.1, -0.05) is 13.8 Å². The third kappa shape index (κ3) is 2.35. The summed E-state index contributed by atoms with van der Waals surface area (Å²) in [7, 11) is 0. The predicted molar refractivity (Wildman–Crippen MR) is 86.1 cm³/mol. The highest BCUT2D eigenvalue weighted by Crippen LogP contribution is 2.51. The zero-order valence-electron chi connectivity index (χ0n) is 15.0. The SMILES string of the molecule is CC1(C)CC(=O)C2=C(C1)OC=C1CO[C@H]3[C@H](O[C@@H]4OC(C)(C)O[C@@H]43)[C@H]12. The third-order valence-corrected chi connectivity index (χ3v) is 5.74. The molecule has 0 N–H and O–H groups in total. The van der Waals surface area contributed by atoms with Crippen molar-refractivity contribution in [1.82, 2.24) is 0 Å². The normalized spacial score (nSPS) is 43.6. The van der Waals surface area contributed by atoms with Crippen LogP contribution in [0.3, 0.4) is 0 Å². The van der Waals surface area contributed by atoms with Crippen molar-refractivity contribution in [3.8, 4) is 0 Å². The smallest absolute Gasteiger partial charge is 0.190 e. The molecule has 0 bridgehead atoms. The van der Waals surface area contributed by atoms with Crippen molar-refractivity contribution < 1.29 is 28.5 Å². The van der Waals surface area contributed by atoms with E-state index in [1.807, 2.05) is 13.8 Å². The molecule has 0 aromatic rings. The third-order valence-electron chi connectivity index (χ3n) is 5.74. The van der Waals surface area contributed by atoms with Crippen LogP contribution in [0.15, 0.2) is 23.2 Å². The molecular weight excluding hydrogens is 324 g/mol. The summed E-state index contributed by atoms with van der Waals surface area (Å²) in [5, 5.41) is 0. The number of carbonyl (C=O) groups is 1. The molecular formula is C19H24O6. The predicted octanol–water partition coefficient (Wildman–Crippen LogP) is 2.44. The average Bonchev–Trinajstić information content (AvgIpc) is 2.96. The Morgan fingerprint density at radius 2 is 1.84 bits per heavy atom. The lowest BCUT2D eigenvalue weighted by molar-refractivity contribution is -0.226. The Kier molecular flexibility index (Phi) is 3.16. The van der Waals surface area contributed by atoms with Gasteiger partial charge in [-0.2, -0.15) is 0 Å². The Labute approximate surface area is 147 Å². The van der Waals surface area contributed by atoms with Crippen LogP contribution in [0.25, 0.3) is 0 Å². The Balaban J connectivity index is 1.50. The van der Waals surface area contributed by atoms with E-state index in [1.54, 1.807) is 6.26 Å². The summed E-state index contributed by atoms with van der Waals surface area (Å²) in [4.78, 5) is 12.9. The Morgan fingerprint density at radius 3 is 2.64 bits per heavy atom. The fourth-order valence-electron chi connectivity index (χ4n) is 4.79. The van der Waals surface area contributed by atoms with Gasteiger partial charge in [0.1, 0.15) is 24.1 Å². The highest BCUT2D eigenvalue weighted by molar-refractivity contribution is 5.98. The van der Waals surface area contributed by atoms with Crippen molar-refractivity contribution >= 4 is 5.78 Å². The highest BCUT2D eigenvalue weighted by atomic mass is 16.8. The van der Waals surface area contributed by atoms with Crippen LogP contribution in [0.5, 0.6) is 0 Å². The second-order valence-corrected chi connectivity index (χ2v) is 8.91. The maximum Gasteiger partial charge on any atom is 0.190 e. The number of ketones is 1. The minimum atomic E-state index is -0.676. The lowest BCUT2D eigenvalue weighted by atomic mass is 9.69. The van der Waals surface area contributed by atoms with E-state index in [0.29, 0.717) is 13.0 Å². The molecule has 4 aliphatic heterocycles. The fraction of sp³-hybridized carbons (Fsp3) is 0.737. The van der Waals surface area contributed by atoms with E-state index < -0.39 is 12.1 Å². The number of rotatable bonds is 0. The summed E-state index contributed by atoms with van der Waals surface area (Å²) in [5.74, 6) is 0.153. The number of fused-ring (bicyclic) bond motifs is 6. The van der Waals surface area contributed by atoms with E-state index in [4.69, 9.17) is 23.7 Å². The van der Waals surface area contributed by atoms with E-state index in [9.17, 15) is 4.79 Å². The molecule has 0 aromatic carbocycles. The van der Waals surface area contributed by atoms with E-state index in [-0.39, 0.29) is 35.4 Å². The number of hydrogen-bond acceptors (Lipinski definition) is 6. The summed E-state index contributed by atoms with van der Waals surface area (Å²) < 4.78 is 29.9. The Morgan fingerprint density at radius 1 is 1.04 bits per heavy atom. The maximum absolute atomic E-state index is 12.9. The Hall–Kier alpha value is -1.21. The molecule has 0 spiro atoms. The second-order valence-electron chi connectivity index (χ2n) is 8.91. The standard InChI is InChI=1S/C19H24O6/c1-18(2)5-10(20)13-11(6-18)21-7-9-8-22-15-14(12(9)13)23-17-16(15)24-19(3,4)25-17/h7,12,14-17H,5-6,8H2,1-4H3/t12-,14-,15+,16-,17-/m1/s1. The summed E-state index contributed by atoms with van der Waals surface area (Å²) in [6, 6.07) is 0. The van der Waals surface area contributed by atoms with Crippen LogP contribution in [0, 0.1) is 11.3 Å². The van der Waals surface area contributed by atoms with Crippen molar-refractivity contribution in [2.75, 3.05) is 6.61 Å². The van der Waals surface area contributed by atoms with Gasteiger partial charge in [-0.3, -0.25) is 4.79 Å². The lowest BCUT2D eigenvalue weighted by Gasteiger charge is -2.43. The fourth-order valence-corrected chi connectivity index (χ4v) is 4.79. The molecule has 6 nitrogen and oxygen atoms in total. The number of carbonyl (C=O) groups excluding carboxylic acids is 1. The van der Waals surface area contributed by atoms with Gasteiger partial charge in [0.15, 0.2) is 17.9 Å². The molecule has 0 unspecified atom stereocenters. The van der Waals surface area contributed by atoms with E-state index in [2.05, 4.69) is 13.8 Å². The number of Topliss-reactive ketones (excluding diaryl/α,β-unsaturated/α-hetero) is 1. The zero-order chi connectivity index (χ0) is 17.6. The van der Waals surface area contributed by atoms with Gasteiger partial charge in [-0.25, -0.2) is 0 Å². The molecule has 3 fully saturated rings. The first-order chi connectivity index (χ1) is 11.7. The van der Waals surface area contributed by atoms with Gasteiger partial charge < -0.3 is 23.7 Å². The van der Waals surface area contributed by atoms with Crippen LogP contribution in [0.4, 0.5) is 0 Å². The van der Waals surface area contributed by atoms with Crippen molar-refractivity contribution in [3.63, 3.8) is 0 Å². The van der Waals surface area contributed by atoms with Crippen LogP contribution >= 0.6 is 0 Å². The lowest BCUT2D eigenvalue weighted by Crippen LogP contribution is -2.49. The largest absolute Gasteiger partial charge is 0.469 e. The molecule has 0 aromatic heterocycles. The number of hydrogen-bond donors (Lipinski definition) is 0. The molecule has 5 aliphatic rings. The van der Waals surface area contributed by atoms with Crippen molar-refractivity contribution in [3.05, 3.63) is 23.2 Å². The van der Waals surface area contributed by atoms with E-state index in [1.165, 1.54) is 0 Å². The molecule has 5 atom stereocenters. The maximum atomic E-state index is 12.9. The van der Waals surface area contributed by atoms with Gasteiger partial charge in [-0.05, 0) is 19.3 Å². The number of ether oxygens (including phenoxy) is 5. The summed E-state index contributed by atoms with van der Waals surface area (Å²) in [6.07, 6.45) is 1.82. The van der Waals surface area contributed by atoms with Crippen LogP contribution in [0.1, 0.15) is 40.5 Å². The average molecular weight is 348 g/mol. The topological polar surface area (TPSA) is 63.2 Å². The molecule has 0 radical (unpaired) electrons. The van der Waals surface area contributed by atoms with Gasteiger partial charge in [0.05, 0.1) is 12.9 Å². The first-order valence-corrected chi connectivity index (χ1v) is 8.99. The van der Waals surface area contributed by atoms with Gasteiger partial charge in [-0.15, -0.1) is 0 Å². The quantitative estimate of drug-likeness (QED) is 0.670. The molecule has 1 aliphatic carbocycles. The van der Waals surface area contributed by atoms with Crippen molar-refractivity contribution in [2.24, 2.45) is 11.3 Å². The van der Waals surface area contributed by atoms with Gasteiger partial charge >= 0.3 is 0 Å². The zero-order valence-corrected chi connectivity index (χ0v) is 15.0. The van der Waals surface area contributed by atoms with Gasteiger partial charge in [0.25, 0.3) is 0 Å². The van der Waals surface area contributed by atoms with Crippen molar-refractivity contribution in [1.29, 1.82) is 0 Å². The summed E-state index contributed by atoms with van der Waals surface area (Å²) in [5.41, 5.74) is 1.66. The number of allylic oxidation sites excluding steroid dienone is 1. The molecule has 25 heavy (non-hydrogen) atoms. The molecule has 0 saturated carbocycles. The van der Waals surface area contributed by atoms with E-state index in [0.717, 1.165) is 23.3 Å². The van der Waals surface area contributed by atoms with Crippen molar-refractivity contribution in [2.45, 2.75) is 70.9 Å². The van der Waals surface area contributed by atoms with Crippen LogP contribution in [0.2, 0.25) is 0 Å². The van der Waals surface area contributed by atoms with E-state index >= 15 is 0 Å². The molecule has 6 heteroatoms. The first kappa shape index (κ1) is 16.0. The van der Waals surface area contributed by atoms with Gasteiger partial charge in [0.2, 0.25) is 0 Å². The summed E-state index contributed by atoms with van der Waals surface area (Å²) in [6.45, 7) is 8.38. The monoisotopic (exact) mass is 348 g/mol. The summed E-state index contributed by atoms with van der Waals surface area (Å²) >= 11 is 0. The molecule has 4 heterocycles. The molecule has 136 valence electrons. The van der Waals surface area contributed by atoms with Crippen LogP contribution in [-0.2, 0) is 28.5 Å².